The van der Waals surface area contributed by atoms with Crippen molar-refractivity contribution in [3.05, 3.63) is 38.0 Å². The standard InChI is InChI=1S/C21H33N5S2.HI/c1-5-17-15(2)28-19(25-17)10-11-23-21(22-3)24-14-16-8-6-12-26(4)20(16)18-9-7-13-27-18;/h7,9,13,16,20H,5-6,8,10-12,14H2,1-4H3,(H2,22,23,24);1H. The molecule has 8 heteroatoms. The predicted molar refractivity (Wildman–Crippen MR) is 137 cm³/mol. The van der Waals surface area contributed by atoms with Gasteiger partial charge in [0.2, 0.25) is 0 Å². The minimum Gasteiger partial charge on any atom is -0.356 e. The van der Waals surface area contributed by atoms with Gasteiger partial charge in [-0.2, -0.15) is 0 Å². The van der Waals surface area contributed by atoms with Crippen molar-refractivity contribution in [2.75, 3.05) is 33.7 Å². The molecular weight excluding hydrogens is 513 g/mol. The number of likely N-dealkylation sites (tertiary alicyclic amines) is 1. The molecule has 1 fully saturated rings. The van der Waals surface area contributed by atoms with Gasteiger partial charge in [0.1, 0.15) is 0 Å². The molecule has 2 aromatic rings. The quantitative estimate of drug-likeness (QED) is 0.305. The molecule has 3 rings (SSSR count). The average Bonchev–Trinajstić information content (AvgIpc) is 3.34. The first-order valence-corrected chi connectivity index (χ1v) is 11.9. The molecular formula is C21H34IN5S2. The molecule has 2 aromatic heterocycles. The maximum atomic E-state index is 4.73. The van der Waals surface area contributed by atoms with Crippen LogP contribution in [0.15, 0.2) is 22.5 Å². The number of hydrogen-bond acceptors (Lipinski definition) is 5. The van der Waals surface area contributed by atoms with E-state index < -0.39 is 0 Å². The molecule has 1 aliphatic rings. The number of nitrogens with zero attached hydrogens (tertiary/aromatic N) is 3. The van der Waals surface area contributed by atoms with E-state index in [1.807, 2.05) is 29.7 Å². The van der Waals surface area contributed by atoms with Gasteiger partial charge in [-0.1, -0.05) is 13.0 Å². The minimum absolute atomic E-state index is 0. The van der Waals surface area contributed by atoms with Crippen LogP contribution in [-0.2, 0) is 12.8 Å². The van der Waals surface area contributed by atoms with E-state index in [-0.39, 0.29) is 24.0 Å². The van der Waals surface area contributed by atoms with Crippen LogP contribution in [0, 0.1) is 12.8 Å². The second-order valence-corrected chi connectivity index (χ2v) is 9.70. The van der Waals surface area contributed by atoms with Gasteiger partial charge in [0.25, 0.3) is 0 Å². The molecule has 2 atom stereocenters. The Balaban J connectivity index is 0.00000300. The second-order valence-electron chi connectivity index (χ2n) is 7.44. The number of halogens is 1. The highest BCUT2D eigenvalue weighted by atomic mass is 127. The van der Waals surface area contributed by atoms with E-state index in [1.54, 1.807) is 0 Å². The molecule has 162 valence electrons. The number of thiophene rings is 1. The number of hydrogen-bond donors (Lipinski definition) is 2. The summed E-state index contributed by atoms with van der Waals surface area (Å²) in [7, 11) is 4.10. The van der Waals surface area contributed by atoms with Crippen molar-refractivity contribution in [3.63, 3.8) is 0 Å². The topological polar surface area (TPSA) is 52.6 Å². The van der Waals surface area contributed by atoms with Crippen LogP contribution in [0.4, 0.5) is 0 Å². The lowest BCUT2D eigenvalue weighted by molar-refractivity contribution is 0.125. The van der Waals surface area contributed by atoms with Gasteiger partial charge in [-0.15, -0.1) is 46.7 Å². The molecule has 0 bridgehead atoms. The van der Waals surface area contributed by atoms with Crippen molar-refractivity contribution < 1.29 is 0 Å². The largest absolute Gasteiger partial charge is 0.356 e. The fourth-order valence-electron chi connectivity index (χ4n) is 4.04. The first kappa shape index (κ1) is 24.6. The van der Waals surface area contributed by atoms with Crippen LogP contribution in [-0.4, -0.2) is 49.6 Å². The minimum atomic E-state index is 0. The van der Waals surface area contributed by atoms with Crippen LogP contribution in [0.3, 0.4) is 0 Å². The molecule has 0 aromatic carbocycles. The lowest BCUT2D eigenvalue weighted by atomic mass is 9.88. The summed E-state index contributed by atoms with van der Waals surface area (Å²) in [6, 6.07) is 4.94. The number of aromatic nitrogens is 1. The van der Waals surface area contributed by atoms with Gasteiger partial charge in [0, 0.05) is 42.4 Å². The Hall–Kier alpha value is -0.710. The van der Waals surface area contributed by atoms with E-state index in [2.05, 4.69) is 58.9 Å². The highest BCUT2D eigenvalue weighted by Crippen LogP contribution is 2.36. The summed E-state index contributed by atoms with van der Waals surface area (Å²) in [5, 5.41) is 10.4. The van der Waals surface area contributed by atoms with Gasteiger partial charge < -0.3 is 10.6 Å². The molecule has 2 unspecified atom stereocenters. The number of nitrogens with one attached hydrogen (secondary N) is 2. The van der Waals surface area contributed by atoms with E-state index in [9.17, 15) is 0 Å². The van der Waals surface area contributed by atoms with E-state index in [4.69, 9.17) is 4.98 Å². The summed E-state index contributed by atoms with van der Waals surface area (Å²) in [5.74, 6) is 1.49. The van der Waals surface area contributed by atoms with Gasteiger partial charge in [-0.25, -0.2) is 4.98 Å². The molecule has 0 aliphatic carbocycles. The SMILES string of the molecule is CCc1nc(CCNC(=NC)NCC2CCCN(C)C2c2cccs2)sc1C.I. The van der Waals surface area contributed by atoms with Crippen LogP contribution in [0.1, 0.15) is 46.3 Å². The molecule has 5 nitrogen and oxygen atoms in total. The highest BCUT2D eigenvalue weighted by molar-refractivity contribution is 14.0. The summed E-state index contributed by atoms with van der Waals surface area (Å²) in [5.41, 5.74) is 1.24. The van der Waals surface area contributed by atoms with Crippen LogP contribution in [0.25, 0.3) is 0 Å². The van der Waals surface area contributed by atoms with Crippen molar-refractivity contribution in [1.29, 1.82) is 0 Å². The van der Waals surface area contributed by atoms with Crippen molar-refractivity contribution >= 4 is 52.6 Å². The number of piperidine rings is 1. The Labute approximate surface area is 200 Å². The lowest BCUT2D eigenvalue weighted by Crippen LogP contribution is -2.45. The smallest absolute Gasteiger partial charge is 0.191 e. The van der Waals surface area contributed by atoms with Crippen molar-refractivity contribution in [2.24, 2.45) is 10.9 Å². The number of aryl methyl sites for hydroxylation is 2. The number of aliphatic imine (C=N–C) groups is 1. The van der Waals surface area contributed by atoms with Crippen LogP contribution < -0.4 is 10.6 Å². The van der Waals surface area contributed by atoms with E-state index in [0.717, 1.165) is 31.9 Å². The van der Waals surface area contributed by atoms with Crippen LogP contribution in [0.2, 0.25) is 0 Å². The summed E-state index contributed by atoms with van der Waals surface area (Å²) in [6.07, 6.45) is 4.48. The van der Waals surface area contributed by atoms with Crippen molar-refractivity contribution in [3.8, 4) is 0 Å². The molecule has 0 amide bonds. The molecule has 0 spiro atoms. The molecule has 0 saturated carbocycles. The zero-order valence-electron chi connectivity index (χ0n) is 17.9. The summed E-state index contributed by atoms with van der Waals surface area (Å²) < 4.78 is 0. The van der Waals surface area contributed by atoms with Gasteiger partial charge >= 0.3 is 0 Å². The lowest BCUT2D eigenvalue weighted by Gasteiger charge is -2.39. The number of thiazole rings is 1. The molecule has 2 N–H and O–H groups in total. The van der Waals surface area contributed by atoms with E-state index in [0.29, 0.717) is 12.0 Å². The molecule has 3 heterocycles. The second kappa shape index (κ2) is 12.2. The first-order valence-electron chi connectivity index (χ1n) is 10.3. The fraction of sp³-hybridized carbons (Fsp3) is 0.619. The third kappa shape index (κ3) is 6.63. The Morgan fingerprint density at radius 1 is 1.38 bits per heavy atom. The van der Waals surface area contributed by atoms with E-state index in [1.165, 1.54) is 39.8 Å². The average molecular weight is 548 g/mol. The molecule has 1 saturated heterocycles. The summed E-state index contributed by atoms with van der Waals surface area (Å²) in [6.45, 7) is 7.32. The zero-order chi connectivity index (χ0) is 19.9. The van der Waals surface area contributed by atoms with Crippen LogP contribution in [0.5, 0.6) is 0 Å². The maximum absolute atomic E-state index is 4.73. The van der Waals surface area contributed by atoms with Gasteiger partial charge in [0.15, 0.2) is 5.96 Å². The number of rotatable bonds is 7. The third-order valence-electron chi connectivity index (χ3n) is 5.50. The molecule has 0 radical (unpaired) electrons. The van der Waals surface area contributed by atoms with Gasteiger partial charge in [0.05, 0.1) is 10.7 Å². The third-order valence-corrected chi connectivity index (χ3v) is 7.52. The Kier molecular flexibility index (Phi) is 10.3. The Bertz CT molecular complexity index is 759. The summed E-state index contributed by atoms with van der Waals surface area (Å²) in [4.78, 5) is 14.5. The highest BCUT2D eigenvalue weighted by Gasteiger charge is 2.31. The normalized spacial score (nSPS) is 20.3. The predicted octanol–water partition coefficient (Wildman–Crippen LogP) is 4.48. The van der Waals surface area contributed by atoms with Gasteiger partial charge in [-0.3, -0.25) is 9.89 Å². The maximum Gasteiger partial charge on any atom is 0.191 e. The van der Waals surface area contributed by atoms with E-state index >= 15 is 0 Å². The Morgan fingerprint density at radius 2 is 2.21 bits per heavy atom. The first-order chi connectivity index (χ1) is 13.6. The molecule has 1 aliphatic heterocycles. The zero-order valence-corrected chi connectivity index (χ0v) is 21.9. The van der Waals surface area contributed by atoms with Crippen LogP contribution >= 0.6 is 46.7 Å². The monoisotopic (exact) mass is 547 g/mol. The summed E-state index contributed by atoms with van der Waals surface area (Å²) >= 11 is 3.69. The van der Waals surface area contributed by atoms with Crippen molar-refractivity contribution in [2.45, 2.75) is 45.6 Å². The van der Waals surface area contributed by atoms with Gasteiger partial charge in [-0.05, 0) is 57.1 Å². The molecule has 29 heavy (non-hydrogen) atoms. The number of guanidine groups is 1. The van der Waals surface area contributed by atoms with Crippen molar-refractivity contribution in [1.82, 2.24) is 20.5 Å². The Morgan fingerprint density at radius 3 is 2.86 bits per heavy atom. The fourth-order valence-corrected chi connectivity index (χ4v) is 6.05.